The summed E-state index contributed by atoms with van der Waals surface area (Å²) in [7, 11) is 0. The van der Waals surface area contributed by atoms with Gasteiger partial charge in [0, 0.05) is 44.1 Å². The number of benzene rings is 1. The number of aliphatic imine (C=N–C) groups is 1. The molecule has 40 heavy (non-hydrogen) atoms. The minimum atomic E-state index is -0.752. The van der Waals surface area contributed by atoms with Crippen LogP contribution in [0.2, 0.25) is 0 Å². The molecule has 2 aliphatic heterocycles. The molecule has 1 aromatic carbocycles. The van der Waals surface area contributed by atoms with Crippen molar-refractivity contribution in [3.63, 3.8) is 0 Å². The smallest absolute Gasteiger partial charge is 0.198 e. The lowest BCUT2D eigenvalue weighted by Crippen LogP contribution is -2.53. The third-order valence-electron chi connectivity index (χ3n) is 7.56. The van der Waals surface area contributed by atoms with Gasteiger partial charge in [-0.2, -0.15) is 5.10 Å². The van der Waals surface area contributed by atoms with Crippen molar-refractivity contribution in [3.8, 4) is 11.3 Å². The first-order valence-corrected chi connectivity index (χ1v) is 13.4. The summed E-state index contributed by atoms with van der Waals surface area (Å²) in [5.41, 5.74) is 10.3. The van der Waals surface area contributed by atoms with Gasteiger partial charge in [0.25, 0.3) is 0 Å². The number of aromatic amines is 1. The van der Waals surface area contributed by atoms with Gasteiger partial charge in [0.2, 0.25) is 0 Å². The summed E-state index contributed by atoms with van der Waals surface area (Å²) in [6.07, 6.45) is 6.74. The quantitative estimate of drug-likeness (QED) is 0.290. The number of nitrogens with one attached hydrogen (secondary N) is 2. The van der Waals surface area contributed by atoms with Crippen LogP contribution in [0, 0.1) is 5.82 Å². The molecule has 6 rings (SSSR count). The van der Waals surface area contributed by atoms with Gasteiger partial charge in [-0.05, 0) is 43.2 Å². The van der Waals surface area contributed by atoms with Crippen LogP contribution in [0.25, 0.3) is 22.3 Å². The Morgan fingerprint density at radius 3 is 2.58 bits per heavy atom. The van der Waals surface area contributed by atoms with Crippen LogP contribution in [0.1, 0.15) is 19.4 Å². The Bertz CT molecular complexity index is 1560. The first kappa shape index (κ1) is 26.0. The van der Waals surface area contributed by atoms with E-state index in [-0.39, 0.29) is 5.82 Å². The van der Waals surface area contributed by atoms with Crippen molar-refractivity contribution in [1.82, 2.24) is 34.9 Å². The molecule has 1 saturated heterocycles. The number of aliphatic hydroxyl groups is 1. The molecule has 0 saturated carbocycles. The maximum absolute atomic E-state index is 13.4. The lowest BCUT2D eigenvalue weighted by molar-refractivity contribution is 0.168. The highest BCUT2D eigenvalue weighted by Gasteiger charge is 2.30. The number of aromatic nitrogens is 5. The minimum Gasteiger partial charge on any atom is -0.391 e. The number of hydrogen-bond donors (Lipinski definition) is 4. The summed E-state index contributed by atoms with van der Waals surface area (Å²) in [5, 5.41) is 18.3. The Kier molecular flexibility index (Phi) is 6.72. The van der Waals surface area contributed by atoms with Gasteiger partial charge in [-0.1, -0.05) is 12.1 Å². The van der Waals surface area contributed by atoms with Crippen LogP contribution in [0.4, 0.5) is 10.2 Å². The van der Waals surface area contributed by atoms with E-state index in [4.69, 9.17) is 10.7 Å². The summed E-state index contributed by atoms with van der Waals surface area (Å²) < 4.78 is 15.1. The zero-order chi connectivity index (χ0) is 27.9. The second-order valence-electron chi connectivity index (χ2n) is 10.6. The fourth-order valence-electron chi connectivity index (χ4n) is 5.23. The van der Waals surface area contributed by atoms with E-state index in [2.05, 4.69) is 41.2 Å². The number of nitrogens with two attached hydrogens (primary N) is 1. The second-order valence-corrected chi connectivity index (χ2v) is 10.6. The lowest BCUT2D eigenvalue weighted by atomic mass is 9.85. The fourth-order valence-corrected chi connectivity index (χ4v) is 5.23. The van der Waals surface area contributed by atoms with E-state index in [0.29, 0.717) is 13.1 Å². The molecule has 5 N–H and O–H groups in total. The Morgan fingerprint density at radius 2 is 1.88 bits per heavy atom. The number of guanidine groups is 1. The lowest BCUT2D eigenvalue weighted by Gasteiger charge is -2.38. The molecule has 0 aliphatic carbocycles. The Morgan fingerprint density at radius 1 is 1.12 bits per heavy atom. The monoisotopic (exact) mass is 544 g/mol. The van der Waals surface area contributed by atoms with Gasteiger partial charge in [0.1, 0.15) is 23.6 Å². The topological polar surface area (TPSA) is 137 Å². The minimum absolute atomic E-state index is 0.282. The van der Waals surface area contributed by atoms with Crippen LogP contribution < -0.4 is 16.0 Å². The van der Waals surface area contributed by atoms with Crippen LogP contribution >= 0.6 is 0 Å². The Balaban J connectivity index is 1.11. The van der Waals surface area contributed by atoms with Crippen molar-refractivity contribution in [3.05, 3.63) is 72.2 Å². The number of anilines is 1. The molecule has 4 aromatic rings. The van der Waals surface area contributed by atoms with Crippen LogP contribution in [-0.2, 0) is 12.1 Å². The van der Waals surface area contributed by atoms with Crippen molar-refractivity contribution >= 4 is 22.8 Å². The number of halogens is 1. The van der Waals surface area contributed by atoms with Crippen molar-refractivity contribution in [2.24, 2.45) is 10.7 Å². The maximum Gasteiger partial charge on any atom is 0.198 e. The van der Waals surface area contributed by atoms with Crippen molar-refractivity contribution in [1.29, 1.82) is 0 Å². The third kappa shape index (κ3) is 5.03. The molecule has 1 fully saturated rings. The molecule has 0 spiro atoms. The molecule has 0 radical (unpaired) electrons. The van der Waals surface area contributed by atoms with Gasteiger partial charge < -0.3 is 30.9 Å². The third-order valence-corrected chi connectivity index (χ3v) is 7.56. The van der Waals surface area contributed by atoms with E-state index in [1.165, 1.54) is 12.1 Å². The summed E-state index contributed by atoms with van der Waals surface area (Å²) in [6.45, 7) is 7.68. The number of aliphatic hydroxyl groups excluding tert-OH is 1. The van der Waals surface area contributed by atoms with Crippen LogP contribution in [0.5, 0.6) is 0 Å². The normalized spacial score (nSPS) is 18.2. The van der Waals surface area contributed by atoms with Gasteiger partial charge in [-0.15, -0.1) is 0 Å². The SMILES string of the molecule is C[C@H](O)Cn1cc(-c2cc3c(N4CCN(C5=NCC([C@@](C)(N)c6ccc(F)cc6)=CN5)CC4)ncnc3[nH]2)cn1. The van der Waals surface area contributed by atoms with E-state index >= 15 is 0 Å². The van der Waals surface area contributed by atoms with E-state index in [0.717, 1.165) is 71.4 Å². The fraction of sp³-hybridized carbons (Fsp3) is 0.357. The summed E-state index contributed by atoms with van der Waals surface area (Å²) in [6, 6.07) is 8.36. The van der Waals surface area contributed by atoms with Crippen molar-refractivity contribution in [2.75, 3.05) is 37.6 Å². The van der Waals surface area contributed by atoms with Gasteiger partial charge in [-0.3, -0.25) is 4.68 Å². The van der Waals surface area contributed by atoms with Crippen LogP contribution in [0.15, 0.2) is 65.8 Å². The highest BCUT2D eigenvalue weighted by atomic mass is 19.1. The highest BCUT2D eigenvalue weighted by Crippen LogP contribution is 2.30. The molecule has 12 heteroatoms. The molecule has 2 aliphatic rings. The zero-order valence-electron chi connectivity index (χ0n) is 22.5. The largest absolute Gasteiger partial charge is 0.391 e. The average molecular weight is 545 g/mol. The standard InChI is InChI=1S/C28H33FN10O/c1-18(40)15-39-16-19(12-35-39)24-11-23-25(36-24)33-17-34-26(23)37-7-9-38(10-8-37)27-31-13-21(14-32-27)28(2,30)20-3-5-22(29)6-4-20/h3-6,11-13,16-18,40H,7-10,14-15,30H2,1-2H3,(H,31,32)(H,33,34,36)/t18-,28-/m0/s1. The molecule has 0 amide bonds. The number of fused-ring (bicyclic) bond motifs is 1. The van der Waals surface area contributed by atoms with Gasteiger partial charge in [0.05, 0.1) is 42.0 Å². The predicted octanol–water partition coefficient (Wildman–Crippen LogP) is 2.18. The molecule has 5 heterocycles. The zero-order valence-corrected chi connectivity index (χ0v) is 22.5. The van der Waals surface area contributed by atoms with Gasteiger partial charge >= 0.3 is 0 Å². The van der Waals surface area contributed by atoms with Crippen LogP contribution in [0.3, 0.4) is 0 Å². The predicted molar refractivity (Wildman–Crippen MR) is 152 cm³/mol. The number of rotatable bonds is 6. The summed E-state index contributed by atoms with van der Waals surface area (Å²) in [4.78, 5) is 21.7. The summed E-state index contributed by atoms with van der Waals surface area (Å²) >= 11 is 0. The number of piperazine rings is 1. The molecule has 208 valence electrons. The molecular formula is C28H33FN10O. The van der Waals surface area contributed by atoms with E-state index in [1.807, 2.05) is 19.3 Å². The average Bonchev–Trinajstić information content (AvgIpc) is 3.60. The van der Waals surface area contributed by atoms with Gasteiger partial charge in [0.15, 0.2) is 5.96 Å². The van der Waals surface area contributed by atoms with E-state index < -0.39 is 11.6 Å². The first-order valence-electron chi connectivity index (χ1n) is 13.4. The molecule has 0 unspecified atom stereocenters. The Hall–Kier alpha value is -4.29. The highest BCUT2D eigenvalue weighted by molar-refractivity contribution is 5.92. The molecule has 2 atom stereocenters. The molecular weight excluding hydrogens is 511 g/mol. The van der Waals surface area contributed by atoms with Crippen LogP contribution in [-0.4, -0.2) is 79.5 Å². The molecule has 3 aromatic heterocycles. The molecule has 0 bridgehead atoms. The van der Waals surface area contributed by atoms with E-state index in [9.17, 15) is 9.50 Å². The maximum atomic E-state index is 13.4. The molecule has 11 nitrogen and oxygen atoms in total. The van der Waals surface area contributed by atoms with Gasteiger partial charge in [-0.25, -0.2) is 19.4 Å². The summed E-state index contributed by atoms with van der Waals surface area (Å²) in [5.74, 6) is 1.43. The number of nitrogens with zero attached hydrogens (tertiary/aromatic N) is 7. The number of H-pyrrole nitrogens is 1. The first-order chi connectivity index (χ1) is 19.3. The second kappa shape index (κ2) is 10.4. The van der Waals surface area contributed by atoms with E-state index in [1.54, 1.807) is 36.3 Å². The van der Waals surface area contributed by atoms with Crippen molar-refractivity contribution in [2.45, 2.75) is 32.0 Å². The van der Waals surface area contributed by atoms with Crippen molar-refractivity contribution < 1.29 is 9.50 Å². The number of hydrogen-bond acceptors (Lipinski definition) is 9. The Labute approximate surface area is 231 Å².